The summed E-state index contributed by atoms with van der Waals surface area (Å²) in [6.45, 7) is 2.03. The second-order valence-electron chi connectivity index (χ2n) is 4.94. The van der Waals surface area contributed by atoms with E-state index in [2.05, 4.69) is 5.32 Å². The van der Waals surface area contributed by atoms with Gasteiger partial charge in [0, 0.05) is 6.54 Å². The van der Waals surface area contributed by atoms with Crippen molar-refractivity contribution in [3.63, 3.8) is 0 Å². The van der Waals surface area contributed by atoms with Crippen molar-refractivity contribution in [2.45, 2.75) is 19.6 Å². The van der Waals surface area contributed by atoms with Gasteiger partial charge >= 0.3 is 0 Å². The number of methoxy groups -OCH3 is 1. The van der Waals surface area contributed by atoms with Gasteiger partial charge in [-0.15, -0.1) is 0 Å². The van der Waals surface area contributed by atoms with Crippen LogP contribution in [0.15, 0.2) is 48.5 Å². The summed E-state index contributed by atoms with van der Waals surface area (Å²) in [6.07, 6.45) is -0.699. The Morgan fingerprint density at radius 2 is 2.04 bits per heavy atom. The Balaban J connectivity index is 1.93. The molecule has 2 aromatic rings. The third-order valence-electron chi connectivity index (χ3n) is 3.28. The second-order valence-corrected chi connectivity index (χ2v) is 4.94. The topological polar surface area (TPSA) is 71.3 Å². The van der Waals surface area contributed by atoms with Gasteiger partial charge in [0.1, 0.15) is 17.6 Å². The van der Waals surface area contributed by atoms with Crippen LogP contribution in [0.25, 0.3) is 0 Å². The van der Waals surface area contributed by atoms with Gasteiger partial charge < -0.3 is 14.8 Å². The van der Waals surface area contributed by atoms with Gasteiger partial charge in [0.2, 0.25) is 0 Å². The molecule has 0 aliphatic carbocycles. The number of nitrogens with one attached hydrogen (secondary N) is 1. The van der Waals surface area contributed by atoms with Crippen molar-refractivity contribution in [2.24, 2.45) is 0 Å². The first-order chi connectivity index (χ1) is 11.1. The van der Waals surface area contributed by atoms with Crippen LogP contribution in [-0.4, -0.2) is 19.1 Å². The fourth-order valence-corrected chi connectivity index (χ4v) is 2.02. The van der Waals surface area contributed by atoms with E-state index < -0.39 is 6.10 Å². The number of ether oxygens (including phenoxy) is 2. The number of amides is 1. The molecule has 1 amide bonds. The van der Waals surface area contributed by atoms with Gasteiger partial charge in [-0.25, -0.2) is 0 Å². The lowest BCUT2D eigenvalue weighted by Crippen LogP contribution is -2.36. The van der Waals surface area contributed by atoms with Crippen LogP contribution in [0, 0.1) is 11.3 Å². The highest BCUT2D eigenvalue weighted by Gasteiger charge is 2.16. The normalized spacial score (nSPS) is 11.2. The van der Waals surface area contributed by atoms with Crippen LogP contribution in [0.2, 0.25) is 0 Å². The number of carbonyl (C=O) groups excluding carboxylic acids is 1. The zero-order valence-electron chi connectivity index (χ0n) is 13.1. The monoisotopic (exact) mass is 310 g/mol. The lowest BCUT2D eigenvalue weighted by Gasteiger charge is -2.15. The number of benzene rings is 2. The van der Waals surface area contributed by atoms with Crippen molar-refractivity contribution in [3.05, 3.63) is 59.7 Å². The average molecular weight is 310 g/mol. The molecule has 118 valence electrons. The molecular weight excluding hydrogens is 292 g/mol. The van der Waals surface area contributed by atoms with Crippen LogP contribution in [0.1, 0.15) is 18.1 Å². The standard InChI is InChI=1S/C18H18N2O3/c1-13(23-17-9-4-3-7-15(17)11-19)18(21)20-12-14-6-5-8-16(10-14)22-2/h3-10,13H,12H2,1-2H3,(H,20,21). The molecule has 2 rings (SSSR count). The van der Waals surface area contributed by atoms with Crippen molar-refractivity contribution >= 4 is 5.91 Å². The van der Waals surface area contributed by atoms with Crippen molar-refractivity contribution in [3.8, 4) is 17.6 Å². The number of para-hydroxylation sites is 1. The largest absolute Gasteiger partial charge is 0.497 e. The fraction of sp³-hybridized carbons (Fsp3) is 0.222. The van der Waals surface area contributed by atoms with Crippen LogP contribution in [0.3, 0.4) is 0 Å². The summed E-state index contributed by atoms with van der Waals surface area (Å²) in [5.41, 5.74) is 1.34. The lowest BCUT2D eigenvalue weighted by molar-refractivity contribution is -0.127. The Morgan fingerprint density at radius 3 is 2.78 bits per heavy atom. The number of hydrogen-bond acceptors (Lipinski definition) is 4. The SMILES string of the molecule is COc1cccc(CNC(=O)C(C)Oc2ccccc2C#N)c1. The summed E-state index contributed by atoms with van der Waals surface area (Å²) in [7, 11) is 1.60. The van der Waals surface area contributed by atoms with Crippen LogP contribution < -0.4 is 14.8 Å². The summed E-state index contributed by atoms with van der Waals surface area (Å²) in [5.74, 6) is 0.892. The number of nitrogens with zero attached hydrogens (tertiary/aromatic N) is 1. The van der Waals surface area contributed by atoms with Gasteiger partial charge in [-0.05, 0) is 36.8 Å². The van der Waals surface area contributed by atoms with E-state index in [4.69, 9.17) is 14.7 Å². The average Bonchev–Trinajstić information content (AvgIpc) is 2.60. The molecule has 2 aromatic carbocycles. The molecule has 1 unspecified atom stereocenters. The fourth-order valence-electron chi connectivity index (χ4n) is 2.02. The quantitative estimate of drug-likeness (QED) is 0.890. The predicted octanol–water partition coefficient (Wildman–Crippen LogP) is 2.65. The minimum absolute atomic E-state index is 0.249. The van der Waals surface area contributed by atoms with Gasteiger partial charge in [-0.3, -0.25) is 4.79 Å². The molecule has 5 nitrogen and oxygen atoms in total. The molecule has 23 heavy (non-hydrogen) atoms. The predicted molar refractivity (Wildman–Crippen MR) is 86.1 cm³/mol. The second kappa shape index (κ2) is 7.85. The third-order valence-corrected chi connectivity index (χ3v) is 3.28. The van der Waals surface area contributed by atoms with Crippen LogP contribution in [-0.2, 0) is 11.3 Å². The Kier molecular flexibility index (Phi) is 5.59. The molecule has 0 saturated carbocycles. The van der Waals surface area contributed by atoms with Crippen molar-refractivity contribution in [1.82, 2.24) is 5.32 Å². The summed E-state index contributed by atoms with van der Waals surface area (Å²) < 4.78 is 10.7. The maximum atomic E-state index is 12.1. The number of carbonyl (C=O) groups is 1. The summed E-state index contributed by atoms with van der Waals surface area (Å²) in [6, 6.07) is 16.3. The molecule has 0 bridgehead atoms. The van der Waals surface area contributed by atoms with E-state index in [1.165, 1.54) is 0 Å². The molecule has 0 aliphatic heterocycles. The highest BCUT2D eigenvalue weighted by atomic mass is 16.5. The van der Waals surface area contributed by atoms with Gasteiger partial charge in [0.05, 0.1) is 12.7 Å². The minimum atomic E-state index is -0.699. The van der Waals surface area contributed by atoms with Crippen LogP contribution >= 0.6 is 0 Å². The van der Waals surface area contributed by atoms with Crippen LogP contribution in [0.5, 0.6) is 11.5 Å². The summed E-state index contributed by atoms with van der Waals surface area (Å²) in [5, 5.41) is 11.8. The molecule has 0 aliphatic rings. The smallest absolute Gasteiger partial charge is 0.261 e. The first kappa shape index (κ1) is 16.4. The van der Waals surface area contributed by atoms with E-state index in [0.717, 1.165) is 11.3 Å². The van der Waals surface area contributed by atoms with E-state index in [-0.39, 0.29) is 5.91 Å². The molecule has 1 N–H and O–H groups in total. The van der Waals surface area contributed by atoms with E-state index in [0.29, 0.717) is 17.9 Å². The molecule has 0 spiro atoms. The van der Waals surface area contributed by atoms with E-state index in [1.807, 2.05) is 30.3 Å². The molecule has 0 heterocycles. The minimum Gasteiger partial charge on any atom is -0.497 e. The van der Waals surface area contributed by atoms with Gasteiger partial charge in [-0.1, -0.05) is 24.3 Å². The Bertz CT molecular complexity index is 722. The summed E-state index contributed by atoms with van der Waals surface area (Å²) in [4.78, 5) is 12.1. The van der Waals surface area contributed by atoms with Gasteiger partial charge in [0.25, 0.3) is 5.91 Å². The van der Waals surface area contributed by atoms with Gasteiger partial charge in [0.15, 0.2) is 6.10 Å². The first-order valence-electron chi connectivity index (χ1n) is 7.20. The zero-order chi connectivity index (χ0) is 16.7. The Morgan fingerprint density at radius 1 is 1.26 bits per heavy atom. The highest BCUT2D eigenvalue weighted by Crippen LogP contribution is 2.18. The van der Waals surface area contributed by atoms with E-state index >= 15 is 0 Å². The Hall–Kier alpha value is -3.00. The van der Waals surface area contributed by atoms with Gasteiger partial charge in [-0.2, -0.15) is 5.26 Å². The third kappa shape index (κ3) is 4.48. The molecule has 0 saturated heterocycles. The number of hydrogen-bond donors (Lipinski definition) is 1. The molecule has 1 atom stereocenters. The first-order valence-corrected chi connectivity index (χ1v) is 7.20. The Labute approximate surface area is 135 Å². The number of nitriles is 1. The summed E-state index contributed by atoms with van der Waals surface area (Å²) >= 11 is 0. The number of rotatable bonds is 6. The zero-order valence-corrected chi connectivity index (χ0v) is 13.1. The van der Waals surface area contributed by atoms with Crippen molar-refractivity contribution in [1.29, 1.82) is 5.26 Å². The molecular formula is C18H18N2O3. The lowest BCUT2D eigenvalue weighted by atomic mass is 10.2. The molecule has 0 radical (unpaired) electrons. The molecule has 0 fully saturated rings. The maximum absolute atomic E-state index is 12.1. The van der Waals surface area contributed by atoms with E-state index in [9.17, 15) is 4.79 Å². The van der Waals surface area contributed by atoms with E-state index in [1.54, 1.807) is 38.3 Å². The maximum Gasteiger partial charge on any atom is 0.261 e. The van der Waals surface area contributed by atoms with Crippen LogP contribution in [0.4, 0.5) is 0 Å². The van der Waals surface area contributed by atoms with Crippen molar-refractivity contribution < 1.29 is 14.3 Å². The molecule has 0 aromatic heterocycles. The molecule has 5 heteroatoms. The van der Waals surface area contributed by atoms with Crippen molar-refractivity contribution in [2.75, 3.05) is 7.11 Å². The highest BCUT2D eigenvalue weighted by molar-refractivity contribution is 5.80.